The Morgan fingerprint density at radius 2 is 1.95 bits per heavy atom. The van der Waals surface area contributed by atoms with Crippen LogP contribution in [0.15, 0.2) is 36.2 Å². The SMILES string of the molecule is CCC=C(CCC(C)C)Oc1ccnc2cc(OCCCC(=O)N3CCC4(CC3)COC4)c(OC)cc12. The smallest absolute Gasteiger partial charge is 0.222 e. The van der Waals surface area contributed by atoms with E-state index in [4.69, 9.17) is 18.9 Å². The van der Waals surface area contributed by atoms with E-state index in [0.717, 1.165) is 80.8 Å². The molecular formula is C30H42N2O5. The summed E-state index contributed by atoms with van der Waals surface area (Å²) in [5.74, 6) is 3.83. The quantitative estimate of drug-likeness (QED) is 0.252. The summed E-state index contributed by atoms with van der Waals surface area (Å²) < 4.78 is 23.4. The first-order valence-electron chi connectivity index (χ1n) is 13.7. The molecule has 0 N–H and O–H groups in total. The first-order chi connectivity index (χ1) is 17.9. The monoisotopic (exact) mass is 510 g/mol. The number of carbonyl (C=O) groups is 1. The Kier molecular flexibility index (Phi) is 9.30. The molecule has 0 saturated carbocycles. The van der Waals surface area contributed by atoms with Gasteiger partial charge in [-0.15, -0.1) is 0 Å². The van der Waals surface area contributed by atoms with Crippen LogP contribution in [-0.4, -0.2) is 55.8 Å². The molecule has 2 aliphatic rings. The molecule has 0 radical (unpaired) electrons. The predicted octanol–water partition coefficient (Wildman–Crippen LogP) is 6.15. The summed E-state index contributed by atoms with van der Waals surface area (Å²) in [6.45, 7) is 10.4. The van der Waals surface area contributed by atoms with Crippen LogP contribution in [-0.2, 0) is 9.53 Å². The van der Waals surface area contributed by atoms with Gasteiger partial charge in [0.05, 0.1) is 32.4 Å². The standard InChI is InChI=1S/C30H42N2O5/c1-5-7-23(10-9-22(2)3)37-26-11-14-31-25-19-28(27(34-4)18-24(25)26)36-17-6-8-29(33)32-15-12-30(13-16-32)20-35-21-30/h7,11,14,18-19,22H,5-6,8-10,12-13,15-17,20-21H2,1-4H3. The normalized spacial score (nSPS) is 17.2. The molecule has 2 saturated heterocycles. The van der Waals surface area contributed by atoms with Gasteiger partial charge in [0.2, 0.25) is 5.91 Å². The Bertz CT molecular complexity index is 1080. The second-order valence-corrected chi connectivity index (χ2v) is 10.8. The molecule has 202 valence electrons. The number of allylic oxidation sites excluding steroid dienone is 2. The fourth-order valence-corrected chi connectivity index (χ4v) is 4.96. The van der Waals surface area contributed by atoms with Gasteiger partial charge in [-0.2, -0.15) is 0 Å². The van der Waals surface area contributed by atoms with Crippen molar-refractivity contribution in [1.82, 2.24) is 9.88 Å². The number of fused-ring (bicyclic) bond motifs is 1. The lowest BCUT2D eigenvalue weighted by Crippen LogP contribution is -2.52. The van der Waals surface area contributed by atoms with E-state index < -0.39 is 0 Å². The van der Waals surface area contributed by atoms with E-state index in [2.05, 4.69) is 31.8 Å². The molecular weight excluding hydrogens is 468 g/mol. The van der Waals surface area contributed by atoms with Crippen molar-refractivity contribution in [2.75, 3.05) is 40.0 Å². The largest absolute Gasteiger partial charge is 0.493 e. The molecule has 3 heterocycles. The number of hydrogen-bond acceptors (Lipinski definition) is 6. The van der Waals surface area contributed by atoms with Crippen LogP contribution in [0.5, 0.6) is 17.2 Å². The zero-order valence-electron chi connectivity index (χ0n) is 22.9. The molecule has 37 heavy (non-hydrogen) atoms. The lowest BCUT2D eigenvalue weighted by molar-refractivity contribution is -0.153. The van der Waals surface area contributed by atoms with Gasteiger partial charge in [-0.25, -0.2) is 0 Å². The minimum absolute atomic E-state index is 0.209. The maximum Gasteiger partial charge on any atom is 0.222 e. The number of hydrogen-bond donors (Lipinski definition) is 0. The van der Waals surface area contributed by atoms with E-state index in [1.165, 1.54) is 0 Å². The summed E-state index contributed by atoms with van der Waals surface area (Å²) in [6.07, 6.45) is 10.1. The highest BCUT2D eigenvalue weighted by molar-refractivity contribution is 5.88. The fourth-order valence-electron chi connectivity index (χ4n) is 4.96. The van der Waals surface area contributed by atoms with Crippen molar-refractivity contribution in [2.45, 2.75) is 65.7 Å². The Labute approximate surface area is 221 Å². The Morgan fingerprint density at radius 3 is 2.59 bits per heavy atom. The third kappa shape index (κ3) is 6.95. The van der Waals surface area contributed by atoms with Crippen LogP contribution in [0.3, 0.4) is 0 Å². The van der Waals surface area contributed by atoms with E-state index >= 15 is 0 Å². The Morgan fingerprint density at radius 1 is 1.16 bits per heavy atom. The van der Waals surface area contributed by atoms with Gasteiger partial charge >= 0.3 is 0 Å². The highest BCUT2D eigenvalue weighted by Crippen LogP contribution is 2.39. The van der Waals surface area contributed by atoms with Crippen molar-refractivity contribution < 1.29 is 23.7 Å². The molecule has 7 heteroatoms. The van der Waals surface area contributed by atoms with Crippen LogP contribution in [0.1, 0.15) is 65.7 Å². The van der Waals surface area contributed by atoms with Gasteiger partial charge in [0, 0.05) is 49.0 Å². The van der Waals surface area contributed by atoms with Crippen molar-refractivity contribution in [2.24, 2.45) is 11.3 Å². The molecule has 7 nitrogen and oxygen atoms in total. The van der Waals surface area contributed by atoms with E-state index in [9.17, 15) is 4.79 Å². The van der Waals surface area contributed by atoms with E-state index in [1.54, 1.807) is 13.3 Å². The molecule has 0 aliphatic carbocycles. The minimum Gasteiger partial charge on any atom is -0.493 e. The highest BCUT2D eigenvalue weighted by atomic mass is 16.5. The number of likely N-dealkylation sites (tertiary alicyclic amines) is 1. The lowest BCUT2D eigenvalue weighted by Gasteiger charge is -2.47. The van der Waals surface area contributed by atoms with E-state index in [-0.39, 0.29) is 5.91 Å². The topological polar surface area (TPSA) is 70.1 Å². The average molecular weight is 511 g/mol. The summed E-state index contributed by atoms with van der Waals surface area (Å²) in [4.78, 5) is 19.2. The van der Waals surface area contributed by atoms with Crippen LogP contribution >= 0.6 is 0 Å². The van der Waals surface area contributed by atoms with Crippen molar-refractivity contribution in [1.29, 1.82) is 0 Å². The minimum atomic E-state index is 0.209. The number of aromatic nitrogens is 1. The number of methoxy groups -OCH3 is 1. The van der Waals surface area contributed by atoms with Crippen molar-refractivity contribution in [3.8, 4) is 17.2 Å². The first-order valence-corrected chi connectivity index (χ1v) is 13.7. The van der Waals surface area contributed by atoms with Crippen LogP contribution in [0.25, 0.3) is 10.9 Å². The number of nitrogens with zero attached hydrogens (tertiary/aromatic N) is 2. The third-order valence-corrected chi connectivity index (χ3v) is 7.41. The van der Waals surface area contributed by atoms with Crippen LogP contribution < -0.4 is 14.2 Å². The summed E-state index contributed by atoms with van der Waals surface area (Å²) in [7, 11) is 1.63. The van der Waals surface area contributed by atoms with Gasteiger partial charge in [0.15, 0.2) is 11.5 Å². The molecule has 2 fully saturated rings. The molecule has 2 aliphatic heterocycles. The Balaban J connectivity index is 1.35. The average Bonchev–Trinajstić information content (AvgIpc) is 2.88. The second kappa shape index (κ2) is 12.6. The van der Waals surface area contributed by atoms with Crippen LogP contribution in [0.2, 0.25) is 0 Å². The van der Waals surface area contributed by atoms with Crippen molar-refractivity contribution >= 4 is 16.8 Å². The van der Waals surface area contributed by atoms with Gasteiger partial charge in [-0.1, -0.05) is 20.8 Å². The molecule has 4 rings (SSSR count). The van der Waals surface area contributed by atoms with E-state index in [1.807, 2.05) is 23.1 Å². The van der Waals surface area contributed by atoms with Gasteiger partial charge < -0.3 is 23.8 Å². The fraction of sp³-hybridized carbons (Fsp3) is 0.600. The third-order valence-electron chi connectivity index (χ3n) is 7.41. The van der Waals surface area contributed by atoms with Crippen LogP contribution in [0, 0.1) is 11.3 Å². The van der Waals surface area contributed by atoms with Gasteiger partial charge in [-0.05, 0) is 56.2 Å². The molecule has 1 aromatic carbocycles. The van der Waals surface area contributed by atoms with Gasteiger partial charge in [0.25, 0.3) is 0 Å². The Hall–Kier alpha value is -2.80. The number of carbonyl (C=O) groups excluding carboxylic acids is 1. The summed E-state index contributed by atoms with van der Waals surface area (Å²) in [6, 6.07) is 5.72. The maximum absolute atomic E-state index is 12.7. The van der Waals surface area contributed by atoms with Gasteiger partial charge in [-0.3, -0.25) is 9.78 Å². The lowest BCUT2D eigenvalue weighted by atomic mass is 9.77. The number of pyridine rings is 1. The molecule has 1 spiro atoms. The van der Waals surface area contributed by atoms with Crippen molar-refractivity contribution in [3.05, 3.63) is 36.2 Å². The second-order valence-electron chi connectivity index (χ2n) is 10.8. The molecule has 0 atom stereocenters. The summed E-state index contributed by atoms with van der Waals surface area (Å²) in [5.41, 5.74) is 1.12. The highest BCUT2D eigenvalue weighted by Gasteiger charge is 2.41. The predicted molar refractivity (Wildman–Crippen MR) is 145 cm³/mol. The summed E-state index contributed by atoms with van der Waals surface area (Å²) >= 11 is 0. The zero-order chi connectivity index (χ0) is 26.3. The number of rotatable bonds is 12. The summed E-state index contributed by atoms with van der Waals surface area (Å²) in [5, 5.41) is 0.883. The van der Waals surface area contributed by atoms with Crippen LogP contribution in [0.4, 0.5) is 0 Å². The van der Waals surface area contributed by atoms with Gasteiger partial charge in [0.1, 0.15) is 11.5 Å². The number of piperidine rings is 1. The molecule has 0 bridgehead atoms. The molecule has 0 unspecified atom stereocenters. The maximum atomic E-state index is 12.7. The van der Waals surface area contributed by atoms with Crippen molar-refractivity contribution in [3.63, 3.8) is 0 Å². The zero-order valence-corrected chi connectivity index (χ0v) is 22.9. The molecule has 1 aromatic heterocycles. The first kappa shape index (κ1) is 27.2. The van der Waals surface area contributed by atoms with E-state index in [0.29, 0.717) is 42.3 Å². The number of ether oxygens (including phenoxy) is 4. The molecule has 2 aromatic rings. The number of amides is 1. The number of benzene rings is 1. The molecule has 1 amide bonds.